The van der Waals surface area contributed by atoms with Crippen molar-refractivity contribution < 1.29 is 0 Å². The predicted octanol–water partition coefficient (Wildman–Crippen LogP) is 4.06. The molecule has 0 nitrogen and oxygen atoms in total. The molecule has 0 aliphatic heterocycles. The standard InChI is InChI=1S/C13H25.Li/c1-12(2,3)10-7-8-11(9-10)13(4,5)6;/h9-11H,7-8H2,1-6H3;. The van der Waals surface area contributed by atoms with Crippen LogP contribution in [-0.2, 0) is 0 Å². The van der Waals surface area contributed by atoms with Crippen LogP contribution < -0.4 is 0 Å². The van der Waals surface area contributed by atoms with Gasteiger partial charge in [-0.1, -0.05) is 0 Å². The first kappa shape index (κ1) is 12.7. The van der Waals surface area contributed by atoms with Crippen LogP contribution in [0.25, 0.3) is 0 Å². The van der Waals surface area contributed by atoms with Crippen LogP contribution in [0.4, 0.5) is 0 Å². The zero-order valence-electron chi connectivity index (χ0n) is 11.1. The van der Waals surface area contributed by atoms with E-state index in [2.05, 4.69) is 59.3 Å². The van der Waals surface area contributed by atoms with Crippen molar-refractivity contribution in [1.29, 1.82) is 0 Å². The SMILES string of the molecule is [Li][CH]1C(C(C)(C)C)CCC1C(C)(C)C. The Morgan fingerprint density at radius 2 is 1.07 bits per heavy atom. The quantitative estimate of drug-likeness (QED) is 0.503. The molecule has 78 valence electrons. The first-order valence-corrected chi connectivity index (χ1v) is 6.14. The molecule has 0 N–H and O–H groups in total. The second-order valence-corrected chi connectivity index (χ2v) is 7.38. The molecule has 1 aliphatic rings. The Labute approximate surface area is 99.4 Å². The van der Waals surface area contributed by atoms with Crippen molar-refractivity contribution in [2.45, 2.75) is 59.0 Å². The van der Waals surface area contributed by atoms with Crippen molar-refractivity contribution in [2.24, 2.45) is 22.7 Å². The average Bonchev–Trinajstić information content (AvgIpc) is 2.26. The van der Waals surface area contributed by atoms with Gasteiger partial charge in [0.2, 0.25) is 0 Å². The van der Waals surface area contributed by atoms with Crippen LogP contribution in [0, 0.1) is 22.7 Å². The molecule has 0 aromatic carbocycles. The summed E-state index contributed by atoms with van der Waals surface area (Å²) in [5.74, 6) is 1.85. The fourth-order valence-electron chi connectivity index (χ4n) is 3.61. The molecule has 2 atom stereocenters. The molecule has 0 aromatic heterocycles. The van der Waals surface area contributed by atoms with Gasteiger partial charge in [0.15, 0.2) is 0 Å². The van der Waals surface area contributed by atoms with Gasteiger partial charge in [-0.3, -0.25) is 0 Å². The summed E-state index contributed by atoms with van der Waals surface area (Å²) >= 11 is 2.47. The van der Waals surface area contributed by atoms with Crippen LogP contribution in [0.3, 0.4) is 0 Å². The van der Waals surface area contributed by atoms with E-state index in [0.29, 0.717) is 10.8 Å². The van der Waals surface area contributed by atoms with Gasteiger partial charge in [-0.05, 0) is 0 Å². The summed E-state index contributed by atoms with van der Waals surface area (Å²) in [6.45, 7) is 14.4. The second-order valence-electron chi connectivity index (χ2n) is 7.38. The summed E-state index contributed by atoms with van der Waals surface area (Å²) in [4.78, 5) is 0. The molecule has 0 heterocycles. The van der Waals surface area contributed by atoms with Crippen LogP contribution in [0.1, 0.15) is 54.4 Å². The molecule has 1 fully saturated rings. The first-order chi connectivity index (χ1) is 6.14. The number of hydrogen-bond acceptors (Lipinski definition) is 0. The molecule has 1 heteroatoms. The Hall–Kier alpha value is 0.597. The molecule has 0 aromatic rings. The molecular weight excluding hydrogens is 163 g/mol. The third kappa shape index (κ3) is 2.59. The molecule has 1 saturated carbocycles. The third-order valence-electron chi connectivity index (χ3n) is 4.28. The van der Waals surface area contributed by atoms with Gasteiger partial charge in [0, 0.05) is 0 Å². The van der Waals surface area contributed by atoms with Crippen molar-refractivity contribution in [3.8, 4) is 0 Å². The van der Waals surface area contributed by atoms with Gasteiger partial charge in [-0.25, -0.2) is 0 Å². The van der Waals surface area contributed by atoms with E-state index in [-0.39, 0.29) is 0 Å². The second kappa shape index (κ2) is 3.88. The van der Waals surface area contributed by atoms with Crippen LogP contribution in [0.2, 0.25) is 4.59 Å². The van der Waals surface area contributed by atoms with Crippen molar-refractivity contribution in [3.63, 3.8) is 0 Å². The Kier molecular flexibility index (Phi) is 3.51. The molecule has 0 radical (unpaired) electrons. The molecule has 0 bridgehead atoms. The van der Waals surface area contributed by atoms with Crippen molar-refractivity contribution >= 4 is 17.7 Å². The molecule has 0 amide bonds. The molecular formula is C13H25Li. The third-order valence-corrected chi connectivity index (χ3v) is 4.28. The number of hydrogen-bond donors (Lipinski definition) is 0. The van der Waals surface area contributed by atoms with Gasteiger partial charge < -0.3 is 0 Å². The van der Waals surface area contributed by atoms with Crippen LogP contribution in [0.5, 0.6) is 0 Å². The van der Waals surface area contributed by atoms with Gasteiger partial charge in [0.25, 0.3) is 0 Å². The molecule has 14 heavy (non-hydrogen) atoms. The van der Waals surface area contributed by atoms with Gasteiger partial charge in [-0.2, -0.15) is 0 Å². The molecule has 0 spiro atoms. The van der Waals surface area contributed by atoms with Crippen LogP contribution in [-0.4, -0.2) is 17.7 Å². The Morgan fingerprint density at radius 3 is 1.21 bits per heavy atom. The molecule has 1 rings (SSSR count). The molecule has 0 saturated heterocycles. The fourth-order valence-corrected chi connectivity index (χ4v) is 3.61. The first-order valence-electron chi connectivity index (χ1n) is 6.14. The Balaban J connectivity index is 2.75. The summed E-state index contributed by atoms with van der Waals surface area (Å²) in [5.41, 5.74) is 0.999. The van der Waals surface area contributed by atoms with E-state index in [9.17, 15) is 0 Å². The van der Waals surface area contributed by atoms with Crippen molar-refractivity contribution in [3.05, 3.63) is 0 Å². The van der Waals surface area contributed by atoms with Gasteiger partial charge in [-0.15, -0.1) is 0 Å². The summed E-state index contributed by atoms with van der Waals surface area (Å²) in [6.07, 6.45) is 2.87. The maximum absolute atomic E-state index is 2.47. The van der Waals surface area contributed by atoms with Crippen molar-refractivity contribution in [1.82, 2.24) is 0 Å². The van der Waals surface area contributed by atoms with Gasteiger partial charge >= 0.3 is 99.4 Å². The van der Waals surface area contributed by atoms with Gasteiger partial charge in [0.05, 0.1) is 0 Å². The predicted molar refractivity (Wildman–Crippen MR) is 64.6 cm³/mol. The van der Waals surface area contributed by atoms with E-state index in [4.69, 9.17) is 0 Å². The van der Waals surface area contributed by atoms with Crippen LogP contribution in [0.15, 0.2) is 0 Å². The summed E-state index contributed by atoms with van der Waals surface area (Å²) in [7, 11) is 0. The minimum atomic E-state index is 0.499. The summed E-state index contributed by atoms with van der Waals surface area (Å²) < 4.78 is 0.898. The van der Waals surface area contributed by atoms with Crippen molar-refractivity contribution in [2.75, 3.05) is 0 Å². The summed E-state index contributed by atoms with van der Waals surface area (Å²) in [5, 5.41) is 0. The van der Waals surface area contributed by atoms with Crippen LogP contribution >= 0.6 is 0 Å². The molecule has 1 aliphatic carbocycles. The normalized spacial score (nSPS) is 35.0. The van der Waals surface area contributed by atoms with Gasteiger partial charge in [0.1, 0.15) is 0 Å². The zero-order valence-corrected chi connectivity index (χ0v) is 11.1. The monoisotopic (exact) mass is 188 g/mol. The zero-order chi connectivity index (χ0) is 11.1. The Morgan fingerprint density at radius 1 is 0.786 bits per heavy atom. The Bertz CT molecular complexity index is 172. The summed E-state index contributed by atoms with van der Waals surface area (Å²) in [6, 6.07) is 0. The number of rotatable bonds is 0. The fraction of sp³-hybridized carbons (Fsp3) is 1.00. The van der Waals surface area contributed by atoms with E-state index < -0.39 is 0 Å². The topological polar surface area (TPSA) is 0 Å². The molecule has 2 unspecified atom stereocenters. The van der Waals surface area contributed by atoms with E-state index in [1.54, 1.807) is 0 Å². The minimum absolute atomic E-state index is 0.499. The van der Waals surface area contributed by atoms with E-state index >= 15 is 0 Å². The van der Waals surface area contributed by atoms with E-state index in [0.717, 1.165) is 16.4 Å². The average molecular weight is 188 g/mol. The maximum atomic E-state index is 2.47. The van der Waals surface area contributed by atoms with E-state index in [1.807, 2.05) is 0 Å². The van der Waals surface area contributed by atoms with E-state index in [1.165, 1.54) is 12.8 Å².